The summed E-state index contributed by atoms with van der Waals surface area (Å²) in [7, 11) is 1.82. The fourth-order valence-corrected chi connectivity index (χ4v) is 4.08. The van der Waals surface area contributed by atoms with E-state index in [0.717, 1.165) is 35.2 Å². The Balaban J connectivity index is 0.00000208. The fraction of sp³-hybridized carbons (Fsp3) is 0.500. The molecule has 1 unspecified atom stereocenters. The first kappa shape index (κ1) is 19.4. The van der Waals surface area contributed by atoms with Crippen LogP contribution in [0.25, 0.3) is 11.0 Å². The first-order chi connectivity index (χ1) is 11.3. The Morgan fingerprint density at radius 3 is 2.79 bits per heavy atom. The van der Waals surface area contributed by atoms with Gasteiger partial charge >= 0.3 is 0 Å². The molecule has 1 aliphatic rings. The minimum Gasteiger partial charge on any atom is -0.459 e. The number of fused-ring (bicyclic) bond motifs is 1. The predicted octanol–water partition coefficient (Wildman–Crippen LogP) is 4.42. The van der Waals surface area contributed by atoms with Crippen molar-refractivity contribution < 1.29 is 4.42 Å². The zero-order valence-corrected chi connectivity index (χ0v) is 17.4. The van der Waals surface area contributed by atoms with Crippen LogP contribution in [0, 0.1) is 5.92 Å². The van der Waals surface area contributed by atoms with Gasteiger partial charge in [-0.2, -0.15) is 11.8 Å². The van der Waals surface area contributed by atoms with E-state index in [9.17, 15) is 0 Å². The van der Waals surface area contributed by atoms with Crippen LogP contribution in [-0.2, 0) is 0 Å². The van der Waals surface area contributed by atoms with E-state index >= 15 is 0 Å². The number of halogens is 1. The number of rotatable bonds is 4. The standard InChI is InChI=1S/C18H25N3OS.HI/c1-13(17-11-15-5-3-4-6-16(15)22-17)21-18(19-2)20-12-14-7-9-23-10-8-14;/h3-6,11,13-14H,7-10,12H2,1-2H3,(H2,19,20,21);1H. The summed E-state index contributed by atoms with van der Waals surface area (Å²) in [5, 5.41) is 8.02. The third kappa shape index (κ3) is 5.05. The predicted molar refractivity (Wildman–Crippen MR) is 115 cm³/mol. The van der Waals surface area contributed by atoms with Gasteiger partial charge in [-0.15, -0.1) is 24.0 Å². The monoisotopic (exact) mass is 459 g/mol. The van der Waals surface area contributed by atoms with Crippen molar-refractivity contribution in [2.24, 2.45) is 10.9 Å². The third-order valence-corrected chi connectivity index (χ3v) is 5.40. The summed E-state index contributed by atoms with van der Waals surface area (Å²) in [6, 6.07) is 10.3. The molecule has 1 atom stereocenters. The molecule has 24 heavy (non-hydrogen) atoms. The van der Waals surface area contributed by atoms with Crippen molar-refractivity contribution in [2.45, 2.75) is 25.8 Å². The van der Waals surface area contributed by atoms with E-state index in [1.54, 1.807) is 0 Å². The van der Waals surface area contributed by atoms with Gasteiger partial charge in [0.15, 0.2) is 5.96 Å². The van der Waals surface area contributed by atoms with Gasteiger partial charge in [0.05, 0.1) is 6.04 Å². The first-order valence-electron chi connectivity index (χ1n) is 8.29. The van der Waals surface area contributed by atoms with Crippen molar-refractivity contribution >= 4 is 52.7 Å². The number of thioether (sulfide) groups is 1. The van der Waals surface area contributed by atoms with Gasteiger partial charge in [0.25, 0.3) is 0 Å². The van der Waals surface area contributed by atoms with Gasteiger partial charge in [-0.3, -0.25) is 4.99 Å². The molecule has 0 bridgehead atoms. The Morgan fingerprint density at radius 2 is 2.08 bits per heavy atom. The topological polar surface area (TPSA) is 49.6 Å². The number of nitrogens with zero attached hydrogens (tertiary/aromatic N) is 1. The molecule has 1 aromatic carbocycles. The van der Waals surface area contributed by atoms with Crippen LogP contribution in [-0.4, -0.2) is 31.1 Å². The van der Waals surface area contributed by atoms with Crippen molar-refractivity contribution in [3.05, 3.63) is 36.1 Å². The maximum Gasteiger partial charge on any atom is 0.191 e. The number of hydrogen-bond acceptors (Lipinski definition) is 3. The van der Waals surface area contributed by atoms with Crippen LogP contribution < -0.4 is 10.6 Å². The summed E-state index contributed by atoms with van der Waals surface area (Å²) in [4.78, 5) is 4.34. The minimum absolute atomic E-state index is 0. The Hall–Kier alpha value is -0.890. The van der Waals surface area contributed by atoms with Crippen LogP contribution in [0.4, 0.5) is 0 Å². The van der Waals surface area contributed by atoms with E-state index in [1.165, 1.54) is 24.3 Å². The molecule has 1 fully saturated rings. The molecule has 4 nitrogen and oxygen atoms in total. The largest absolute Gasteiger partial charge is 0.459 e. The number of furan rings is 1. The van der Waals surface area contributed by atoms with Crippen molar-refractivity contribution in [1.82, 2.24) is 10.6 Å². The maximum atomic E-state index is 5.92. The number of aliphatic imine (C=N–C) groups is 1. The lowest BCUT2D eigenvalue weighted by Crippen LogP contribution is -2.41. The summed E-state index contributed by atoms with van der Waals surface area (Å²) in [5.74, 6) is 5.11. The Labute approximate surface area is 165 Å². The lowest BCUT2D eigenvalue weighted by molar-refractivity contribution is 0.466. The van der Waals surface area contributed by atoms with E-state index in [4.69, 9.17) is 4.42 Å². The third-order valence-electron chi connectivity index (χ3n) is 4.35. The zero-order chi connectivity index (χ0) is 16.1. The number of benzene rings is 1. The molecule has 2 heterocycles. The summed E-state index contributed by atoms with van der Waals surface area (Å²) in [6.07, 6.45) is 2.60. The van der Waals surface area contributed by atoms with Crippen LogP contribution in [0.5, 0.6) is 0 Å². The fourth-order valence-electron chi connectivity index (χ4n) is 2.88. The van der Waals surface area contributed by atoms with E-state index < -0.39 is 0 Å². The van der Waals surface area contributed by atoms with Crippen LogP contribution >= 0.6 is 35.7 Å². The van der Waals surface area contributed by atoms with Gasteiger partial charge in [0.2, 0.25) is 0 Å². The molecule has 0 saturated carbocycles. The summed E-state index contributed by atoms with van der Waals surface area (Å²) < 4.78 is 5.92. The van der Waals surface area contributed by atoms with Crippen molar-refractivity contribution in [2.75, 3.05) is 25.1 Å². The smallest absolute Gasteiger partial charge is 0.191 e. The van der Waals surface area contributed by atoms with Crippen LogP contribution in [0.2, 0.25) is 0 Å². The Morgan fingerprint density at radius 1 is 1.33 bits per heavy atom. The summed E-state index contributed by atoms with van der Waals surface area (Å²) in [5.41, 5.74) is 0.929. The number of para-hydroxylation sites is 1. The molecular weight excluding hydrogens is 433 g/mol. The van der Waals surface area contributed by atoms with Gasteiger partial charge in [0, 0.05) is 19.0 Å². The van der Waals surface area contributed by atoms with E-state index in [0.29, 0.717) is 0 Å². The molecule has 2 aromatic rings. The van der Waals surface area contributed by atoms with Gasteiger partial charge in [-0.25, -0.2) is 0 Å². The van der Waals surface area contributed by atoms with Gasteiger partial charge in [-0.05, 0) is 49.3 Å². The van der Waals surface area contributed by atoms with Gasteiger partial charge in [0.1, 0.15) is 11.3 Å². The van der Waals surface area contributed by atoms with Crippen LogP contribution in [0.1, 0.15) is 31.6 Å². The molecule has 0 spiro atoms. The number of guanidine groups is 1. The molecule has 0 aliphatic carbocycles. The van der Waals surface area contributed by atoms with E-state index in [-0.39, 0.29) is 30.0 Å². The van der Waals surface area contributed by atoms with Crippen molar-refractivity contribution in [1.29, 1.82) is 0 Å². The Bertz CT molecular complexity index is 634. The Kier molecular flexibility index (Phi) is 7.74. The highest BCUT2D eigenvalue weighted by Crippen LogP contribution is 2.24. The highest BCUT2D eigenvalue weighted by atomic mass is 127. The first-order valence-corrected chi connectivity index (χ1v) is 9.45. The van der Waals surface area contributed by atoms with Gasteiger partial charge < -0.3 is 15.1 Å². The van der Waals surface area contributed by atoms with Crippen molar-refractivity contribution in [3.8, 4) is 0 Å². The van der Waals surface area contributed by atoms with Gasteiger partial charge in [-0.1, -0.05) is 18.2 Å². The van der Waals surface area contributed by atoms with Crippen molar-refractivity contribution in [3.63, 3.8) is 0 Å². The highest BCUT2D eigenvalue weighted by Gasteiger charge is 2.16. The molecule has 0 amide bonds. The summed E-state index contributed by atoms with van der Waals surface area (Å²) >= 11 is 2.06. The minimum atomic E-state index is 0. The lowest BCUT2D eigenvalue weighted by Gasteiger charge is -2.23. The molecule has 1 aromatic heterocycles. The normalized spacial score (nSPS) is 17.3. The molecule has 132 valence electrons. The maximum absolute atomic E-state index is 5.92. The zero-order valence-electron chi connectivity index (χ0n) is 14.2. The number of hydrogen-bond donors (Lipinski definition) is 2. The molecule has 1 aliphatic heterocycles. The van der Waals surface area contributed by atoms with Crippen LogP contribution in [0.3, 0.4) is 0 Å². The quantitative estimate of drug-likeness (QED) is 0.404. The molecule has 2 N–H and O–H groups in total. The second-order valence-corrected chi connectivity index (χ2v) is 7.29. The van der Waals surface area contributed by atoms with Crippen LogP contribution in [0.15, 0.2) is 39.7 Å². The average Bonchev–Trinajstić information content (AvgIpc) is 3.03. The molecule has 0 radical (unpaired) electrons. The lowest BCUT2D eigenvalue weighted by atomic mass is 10.0. The molecule has 6 heteroatoms. The second-order valence-electron chi connectivity index (χ2n) is 6.06. The summed E-state index contributed by atoms with van der Waals surface area (Å²) in [6.45, 7) is 3.09. The van der Waals surface area contributed by atoms with E-state index in [1.807, 2.05) is 25.2 Å². The number of nitrogens with one attached hydrogen (secondary N) is 2. The van der Waals surface area contributed by atoms with E-state index in [2.05, 4.69) is 46.4 Å². The highest BCUT2D eigenvalue weighted by molar-refractivity contribution is 14.0. The molecule has 3 rings (SSSR count). The molecule has 1 saturated heterocycles. The second kappa shape index (κ2) is 9.56. The average molecular weight is 459 g/mol. The SMILES string of the molecule is CN=C(NCC1CCSCC1)NC(C)c1cc2ccccc2o1.I. The molecular formula is C18H26IN3OS.